The quantitative estimate of drug-likeness (QED) is 0.0519. The van der Waals surface area contributed by atoms with E-state index in [9.17, 15) is 9.59 Å². The zero-order chi connectivity index (χ0) is 37.1. The Hall–Kier alpha value is -4.38. The average Bonchev–Trinajstić information content (AvgIpc) is 3.11. The summed E-state index contributed by atoms with van der Waals surface area (Å²) in [7, 11) is -1.14. The molecule has 0 aromatic heterocycles. The molecule has 0 bridgehead atoms. The van der Waals surface area contributed by atoms with Gasteiger partial charge in [-0.15, -0.1) is 0 Å². The predicted octanol–water partition coefficient (Wildman–Crippen LogP) is 9.08. The highest BCUT2D eigenvalue weighted by Crippen LogP contribution is 2.33. The topological polar surface area (TPSA) is 92.8 Å². The number of carbonyl (C=O) groups excluding carboxylic acids is 2. The highest BCUT2D eigenvalue weighted by Gasteiger charge is 2.35. The third-order valence-corrected chi connectivity index (χ3v) is 10.5. The number of rotatable bonds is 15. The second kappa shape index (κ2) is 17.9. The fourth-order valence-corrected chi connectivity index (χ4v) is 6.67. The number of ether oxygens (including phenoxy) is 6. The van der Waals surface area contributed by atoms with E-state index >= 15 is 0 Å². The molecule has 0 spiro atoms. The Bertz CT molecular complexity index is 1750. The smallest absolute Gasteiger partial charge is 0.410 e. The molecule has 9 nitrogen and oxygen atoms in total. The van der Waals surface area contributed by atoms with E-state index in [1.54, 1.807) is 29.2 Å². The molecule has 1 heterocycles. The van der Waals surface area contributed by atoms with Gasteiger partial charge in [-0.25, -0.2) is 9.59 Å². The van der Waals surface area contributed by atoms with E-state index in [-0.39, 0.29) is 38.1 Å². The van der Waals surface area contributed by atoms with E-state index < -0.39 is 19.6 Å². The molecular weight excluding hydrogens is 675 g/mol. The number of hydrogen-bond donors (Lipinski definition) is 0. The van der Waals surface area contributed by atoms with E-state index in [1.807, 2.05) is 57.2 Å². The minimum Gasteiger partial charge on any atom is -0.490 e. The van der Waals surface area contributed by atoms with Gasteiger partial charge in [0.2, 0.25) is 0 Å². The fourth-order valence-electron chi connectivity index (χ4n) is 5.91. The summed E-state index contributed by atoms with van der Waals surface area (Å²) in [5.74, 6) is 0.957. The molecule has 0 saturated carbocycles. The Kier molecular flexibility index (Phi) is 13.4. The lowest BCUT2D eigenvalue weighted by molar-refractivity contribution is -0.0359. The van der Waals surface area contributed by atoms with Crippen molar-refractivity contribution >= 4 is 30.9 Å². The second-order valence-corrected chi connectivity index (χ2v) is 21.0. The Balaban J connectivity index is 1.11. The average molecular weight is 728 g/mol. The van der Waals surface area contributed by atoms with Gasteiger partial charge in [0.05, 0.1) is 24.8 Å². The maximum absolute atomic E-state index is 13.0. The molecule has 4 aromatic carbocycles. The van der Waals surface area contributed by atoms with E-state index in [0.29, 0.717) is 43.4 Å². The van der Waals surface area contributed by atoms with Gasteiger partial charge in [-0.05, 0) is 97.6 Å². The number of nitrogens with zero attached hydrogens (tertiary/aromatic N) is 1. The summed E-state index contributed by atoms with van der Waals surface area (Å²) < 4.78 is 34.8. The summed E-state index contributed by atoms with van der Waals surface area (Å²) in [4.78, 5) is 27.3. The second-order valence-electron chi connectivity index (χ2n) is 15.4. The van der Waals surface area contributed by atoms with Crippen molar-refractivity contribution in [3.63, 3.8) is 0 Å². The molecule has 1 aliphatic rings. The largest absolute Gasteiger partial charge is 0.490 e. The molecule has 0 aliphatic carbocycles. The Labute approximate surface area is 309 Å². The number of benzene rings is 4. The number of hydrogen-bond acceptors (Lipinski definition) is 8. The SMILES string of the molecule is CC(C)(C)OC(=O)N1CCC(c2ccc(OCCOC(=O)c3ccc(OCOCC[Si](C)(C)C)cc3)cc2)C(OCc2ccc3ccccc3c2)C1. The van der Waals surface area contributed by atoms with Crippen LogP contribution in [-0.2, 0) is 25.6 Å². The highest BCUT2D eigenvalue weighted by molar-refractivity contribution is 6.76. The maximum atomic E-state index is 13.0. The molecule has 1 fully saturated rings. The molecule has 2 unspecified atom stereocenters. The van der Waals surface area contributed by atoms with Crippen LogP contribution in [0.25, 0.3) is 10.8 Å². The first-order valence-corrected chi connectivity index (χ1v) is 21.8. The van der Waals surface area contributed by atoms with Gasteiger partial charge in [-0.3, -0.25) is 0 Å². The van der Waals surface area contributed by atoms with Crippen LogP contribution in [0.4, 0.5) is 4.79 Å². The summed E-state index contributed by atoms with van der Waals surface area (Å²) >= 11 is 0. The summed E-state index contributed by atoms with van der Waals surface area (Å²) in [6, 6.07) is 30.5. The molecule has 0 N–H and O–H groups in total. The van der Waals surface area contributed by atoms with Gasteiger partial charge >= 0.3 is 12.1 Å². The van der Waals surface area contributed by atoms with Gasteiger partial charge in [0, 0.05) is 27.1 Å². The Morgan fingerprint density at radius 3 is 2.21 bits per heavy atom. The molecule has 4 aromatic rings. The van der Waals surface area contributed by atoms with Crippen molar-refractivity contribution < 1.29 is 38.0 Å². The van der Waals surface area contributed by atoms with Crippen molar-refractivity contribution in [3.05, 3.63) is 108 Å². The third-order valence-electron chi connectivity index (χ3n) is 8.78. The summed E-state index contributed by atoms with van der Waals surface area (Å²) in [6.07, 6.45) is 0.180. The van der Waals surface area contributed by atoms with Crippen molar-refractivity contribution in [1.29, 1.82) is 0 Å². The van der Waals surface area contributed by atoms with Crippen LogP contribution in [-0.4, -0.2) is 76.4 Å². The van der Waals surface area contributed by atoms with Crippen molar-refractivity contribution in [3.8, 4) is 11.5 Å². The van der Waals surface area contributed by atoms with Gasteiger partial charge in [0.15, 0.2) is 6.79 Å². The lowest BCUT2D eigenvalue weighted by Crippen LogP contribution is -2.48. The van der Waals surface area contributed by atoms with Crippen LogP contribution in [0.15, 0.2) is 91.0 Å². The van der Waals surface area contributed by atoms with Crippen molar-refractivity contribution in [2.24, 2.45) is 0 Å². The van der Waals surface area contributed by atoms with Crippen molar-refractivity contribution in [1.82, 2.24) is 4.90 Å². The van der Waals surface area contributed by atoms with Crippen molar-refractivity contribution in [2.45, 2.75) is 77.1 Å². The predicted molar refractivity (Wildman–Crippen MR) is 206 cm³/mol. The van der Waals surface area contributed by atoms with Crippen LogP contribution >= 0.6 is 0 Å². The molecule has 2 atom stereocenters. The first-order chi connectivity index (χ1) is 24.8. The van der Waals surface area contributed by atoms with Crippen LogP contribution in [0, 0.1) is 0 Å². The van der Waals surface area contributed by atoms with Crippen LogP contribution in [0.3, 0.4) is 0 Å². The summed E-state index contributed by atoms with van der Waals surface area (Å²) in [5, 5.41) is 2.35. The monoisotopic (exact) mass is 727 g/mol. The van der Waals surface area contributed by atoms with Crippen LogP contribution in [0.2, 0.25) is 25.7 Å². The van der Waals surface area contributed by atoms with Crippen LogP contribution in [0.1, 0.15) is 54.6 Å². The molecule has 5 rings (SSSR count). The zero-order valence-corrected chi connectivity index (χ0v) is 32.4. The molecule has 1 aliphatic heterocycles. The molecule has 1 amide bonds. The Morgan fingerprint density at radius 1 is 0.808 bits per heavy atom. The molecule has 52 heavy (non-hydrogen) atoms. The van der Waals surface area contributed by atoms with Gasteiger partial charge in [-0.2, -0.15) is 0 Å². The first kappa shape index (κ1) is 38.8. The fraction of sp³-hybridized carbons (Fsp3) is 0.429. The van der Waals surface area contributed by atoms with E-state index in [2.05, 4.69) is 50.0 Å². The molecule has 278 valence electrons. The van der Waals surface area contributed by atoms with Gasteiger partial charge in [-0.1, -0.05) is 68.2 Å². The number of likely N-dealkylation sites (tertiary alicyclic amines) is 1. The van der Waals surface area contributed by atoms with Gasteiger partial charge in [0.1, 0.15) is 30.3 Å². The molecular formula is C42H53NO8Si. The number of fused-ring (bicyclic) bond motifs is 1. The summed E-state index contributed by atoms with van der Waals surface area (Å²) in [5.41, 5.74) is 2.05. The first-order valence-electron chi connectivity index (χ1n) is 18.1. The van der Waals surface area contributed by atoms with Crippen LogP contribution < -0.4 is 9.47 Å². The lowest BCUT2D eigenvalue weighted by atomic mass is 9.87. The van der Waals surface area contributed by atoms with E-state index in [1.165, 1.54) is 10.8 Å². The van der Waals surface area contributed by atoms with Gasteiger partial charge in [0.25, 0.3) is 0 Å². The minimum atomic E-state index is -1.14. The third kappa shape index (κ3) is 12.1. The molecule has 1 saturated heterocycles. The zero-order valence-electron chi connectivity index (χ0n) is 31.4. The van der Waals surface area contributed by atoms with Gasteiger partial charge < -0.3 is 33.3 Å². The standard InChI is InChI=1S/C42H53NO8Si/c1-42(2,3)51-41(45)43-22-21-38(39(28-43)49-29-31-11-12-32-9-7-8-10-35(32)27-31)33-13-17-36(18-14-33)47-23-24-48-40(44)34-15-19-37(20-16-34)50-30-46-25-26-52(4,5)6/h7-20,27,38-39H,21-26,28-30H2,1-6H3. The van der Waals surface area contributed by atoms with E-state index in [4.69, 9.17) is 28.4 Å². The number of carbonyl (C=O) groups is 2. The lowest BCUT2D eigenvalue weighted by Gasteiger charge is -2.39. The summed E-state index contributed by atoms with van der Waals surface area (Å²) in [6.45, 7) is 15.2. The number of amides is 1. The molecule has 0 radical (unpaired) electrons. The maximum Gasteiger partial charge on any atom is 0.410 e. The van der Waals surface area contributed by atoms with Crippen molar-refractivity contribution in [2.75, 3.05) is 39.7 Å². The number of esters is 1. The van der Waals surface area contributed by atoms with E-state index in [0.717, 1.165) is 23.6 Å². The minimum absolute atomic E-state index is 0.0772. The number of piperidine rings is 1. The molecule has 10 heteroatoms. The Morgan fingerprint density at radius 2 is 1.50 bits per heavy atom. The normalized spacial score (nSPS) is 16.4. The van der Waals surface area contributed by atoms with Crippen LogP contribution in [0.5, 0.6) is 11.5 Å². The highest BCUT2D eigenvalue weighted by atomic mass is 28.3.